The van der Waals surface area contributed by atoms with Crippen molar-refractivity contribution < 1.29 is 23.9 Å². The van der Waals surface area contributed by atoms with Crippen LogP contribution in [0.2, 0.25) is 5.02 Å². The van der Waals surface area contributed by atoms with E-state index in [1.807, 2.05) is 5.92 Å². The highest BCUT2D eigenvalue weighted by molar-refractivity contribution is 6.30. The lowest BCUT2D eigenvalue weighted by atomic mass is 10.2. The molecule has 0 unspecified atom stereocenters. The Kier molecular flexibility index (Phi) is 7.01. The third-order valence-corrected chi connectivity index (χ3v) is 3.60. The van der Waals surface area contributed by atoms with Gasteiger partial charge in [0.15, 0.2) is 0 Å². The second kappa shape index (κ2) is 9.43. The molecule has 1 atom stereocenters. The number of aliphatic carboxylic acids is 1. The third kappa shape index (κ3) is 6.03. The number of benzene rings is 1. The first-order chi connectivity index (χ1) is 13.3. The first-order valence-corrected chi connectivity index (χ1v) is 8.23. The average Bonchev–Trinajstić information content (AvgIpc) is 2.67. The van der Waals surface area contributed by atoms with Crippen molar-refractivity contribution in [2.75, 3.05) is 0 Å². The minimum absolute atomic E-state index is 0.0577. The van der Waals surface area contributed by atoms with E-state index in [9.17, 15) is 18.8 Å². The van der Waals surface area contributed by atoms with E-state index >= 15 is 0 Å². The lowest BCUT2D eigenvalue weighted by molar-refractivity contribution is -0.130. The van der Waals surface area contributed by atoms with Crippen LogP contribution < -0.4 is 10.6 Å². The van der Waals surface area contributed by atoms with Crippen molar-refractivity contribution in [3.05, 3.63) is 58.4 Å². The first kappa shape index (κ1) is 20.8. The van der Waals surface area contributed by atoms with Crippen LogP contribution in [0.15, 0.2) is 30.6 Å². The quantitative estimate of drug-likeness (QED) is 0.648. The van der Waals surface area contributed by atoms with Crippen molar-refractivity contribution in [3.63, 3.8) is 0 Å². The zero-order valence-electron chi connectivity index (χ0n) is 14.5. The zero-order chi connectivity index (χ0) is 20.7. The van der Waals surface area contributed by atoms with Gasteiger partial charge in [-0.2, -0.15) is 0 Å². The molecule has 2 aromatic rings. The molecule has 0 saturated carbocycles. The van der Waals surface area contributed by atoms with Crippen LogP contribution in [0, 0.1) is 17.7 Å². The number of carboxylic acids is 1. The second-order valence-corrected chi connectivity index (χ2v) is 5.90. The minimum Gasteiger partial charge on any atom is -0.472 e. The second-order valence-electron chi connectivity index (χ2n) is 5.49. The van der Waals surface area contributed by atoms with Crippen LogP contribution in [-0.4, -0.2) is 38.9 Å². The van der Waals surface area contributed by atoms with Crippen LogP contribution in [0.25, 0.3) is 0 Å². The van der Waals surface area contributed by atoms with Gasteiger partial charge in [-0.05, 0) is 24.6 Å². The Labute approximate surface area is 164 Å². The summed E-state index contributed by atoms with van der Waals surface area (Å²) in [5.41, 5.74) is 0.434. The van der Waals surface area contributed by atoms with E-state index in [0.717, 1.165) is 6.33 Å². The monoisotopic (exact) mass is 404 g/mol. The van der Waals surface area contributed by atoms with E-state index in [1.165, 1.54) is 31.2 Å². The molecule has 0 bridgehead atoms. The molecule has 0 aliphatic carbocycles. The van der Waals surface area contributed by atoms with Gasteiger partial charge in [-0.15, -0.1) is 0 Å². The molecule has 10 heteroatoms. The molecule has 0 spiro atoms. The highest BCUT2D eigenvalue weighted by Gasteiger charge is 2.14. The molecular formula is C18H14ClFN4O4. The molecule has 28 heavy (non-hydrogen) atoms. The number of carboxylic acid groups (broad SMARTS) is 1. The Morgan fingerprint density at radius 3 is 2.54 bits per heavy atom. The Morgan fingerprint density at radius 2 is 1.89 bits per heavy atom. The van der Waals surface area contributed by atoms with Crippen molar-refractivity contribution in [2.45, 2.75) is 19.5 Å². The molecule has 1 aromatic heterocycles. The highest BCUT2D eigenvalue weighted by Crippen LogP contribution is 2.15. The first-order valence-electron chi connectivity index (χ1n) is 7.85. The SMILES string of the molecule is C[C@@H](C#CC(=O)O)NC(=O)c1cc(C(=O)NCc2ccc(F)c(Cl)c2)ncn1. The minimum atomic E-state index is -1.32. The van der Waals surface area contributed by atoms with Gasteiger partial charge in [0.25, 0.3) is 11.8 Å². The lowest BCUT2D eigenvalue weighted by Crippen LogP contribution is -2.32. The number of carbonyl (C=O) groups excluding carboxylic acids is 2. The maximum Gasteiger partial charge on any atom is 0.381 e. The summed E-state index contributed by atoms with van der Waals surface area (Å²) in [4.78, 5) is 42.3. The molecule has 3 N–H and O–H groups in total. The number of hydrogen-bond acceptors (Lipinski definition) is 5. The van der Waals surface area contributed by atoms with Crippen LogP contribution in [0.3, 0.4) is 0 Å². The standard InChI is InChI=1S/C18H14ClFN4O4/c1-10(2-5-16(25)26)24-18(28)15-7-14(22-9-23-15)17(27)21-8-11-3-4-13(20)12(19)6-11/h3-4,6-7,9-10H,8H2,1H3,(H,21,27)(H,24,28)(H,25,26)/t10-/m0/s1. The van der Waals surface area contributed by atoms with Crippen molar-refractivity contribution >= 4 is 29.4 Å². The van der Waals surface area contributed by atoms with Crippen molar-refractivity contribution in [1.82, 2.24) is 20.6 Å². The van der Waals surface area contributed by atoms with Gasteiger partial charge in [0.2, 0.25) is 0 Å². The number of amides is 2. The summed E-state index contributed by atoms with van der Waals surface area (Å²) in [7, 11) is 0. The molecule has 0 radical (unpaired) electrons. The van der Waals surface area contributed by atoms with Crippen molar-refractivity contribution in [2.24, 2.45) is 0 Å². The zero-order valence-corrected chi connectivity index (χ0v) is 15.2. The Bertz CT molecular complexity index is 987. The lowest BCUT2D eigenvalue weighted by Gasteiger charge is -2.08. The third-order valence-electron chi connectivity index (χ3n) is 3.31. The van der Waals surface area contributed by atoms with Crippen molar-refractivity contribution in [3.8, 4) is 11.8 Å². The molecule has 1 heterocycles. The normalized spacial score (nSPS) is 11.0. The highest BCUT2D eigenvalue weighted by atomic mass is 35.5. The fourth-order valence-corrected chi connectivity index (χ4v) is 2.21. The van der Waals surface area contributed by atoms with Gasteiger partial charge >= 0.3 is 5.97 Å². The predicted molar refractivity (Wildman–Crippen MR) is 97.0 cm³/mol. The molecule has 0 aliphatic rings. The molecular weight excluding hydrogens is 391 g/mol. The van der Waals surface area contributed by atoms with Gasteiger partial charge in [-0.25, -0.2) is 19.2 Å². The molecule has 8 nitrogen and oxygen atoms in total. The molecule has 0 fully saturated rings. The van der Waals surface area contributed by atoms with E-state index in [4.69, 9.17) is 16.7 Å². The number of hydrogen-bond donors (Lipinski definition) is 3. The Balaban J connectivity index is 2.02. The fraction of sp³-hybridized carbons (Fsp3) is 0.167. The number of nitrogens with one attached hydrogen (secondary N) is 2. The summed E-state index contributed by atoms with van der Waals surface area (Å²) in [6, 6.07) is 4.49. The number of rotatable bonds is 5. The molecule has 0 aliphatic heterocycles. The maximum atomic E-state index is 13.1. The van der Waals surface area contributed by atoms with E-state index in [2.05, 4.69) is 26.5 Å². The van der Waals surface area contributed by atoms with Crippen LogP contribution in [0.5, 0.6) is 0 Å². The molecule has 2 rings (SSSR count). The van der Waals surface area contributed by atoms with E-state index in [-0.39, 0.29) is 23.0 Å². The summed E-state index contributed by atoms with van der Waals surface area (Å²) in [6.45, 7) is 1.57. The largest absolute Gasteiger partial charge is 0.472 e. The van der Waals surface area contributed by atoms with Crippen LogP contribution >= 0.6 is 11.6 Å². The summed E-state index contributed by atoms with van der Waals surface area (Å²) < 4.78 is 13.1. The number of carbonyl (C=O) groups is 3. The summed E-state index contributed by atoms with van der Waals surface area (Å²) in [5, 5.41) is 13.4. The number of nitrogens with zero attached hydrogens (tertiary/aromatic N) is 2. The number of aromatic nitrogens is 2. The molecule has 2 amide bonds. The molecule has 144 valence electrons. The smallest absolute Gasteiger partial charge is 0.381 e. The molecule has 1 aromatic carbocycles. The average molecular weight is 405 g/mol. The van der Waals surface area contributed by atoms with Crippen LogP contribution in [-0.2, 0) is 11.3 Å². The predicted octanol–water partition coefficient (Wildman–Crippen LogP) is 1.41. The Hall–Kier alpha value is -3.51. The summed E-state index contributed by atoms with van der Waals surface area (Å²) in [5.74, 6) is 1.12. The summed E-state index contributed by atoms with van der Waals surface area (Å²) in [6.07, 6.45) is 1.05. The van der Waals surface area contributed by atoms with Gasteiger partial charge in [-0.1, -0.05) is 23.6 Å². The Morgan fingerprint density at radius 1 is 1.21 bits per heavy atom. The van der Waals surface area contributed by atoms with Crippen LogP contribution in [0.1, 0.15) is 33.5 Å². The van der Waals surface area contributed by atoms with Gasteiger partial charge in [-0.3, -0.25) is 9.59 Å². The van der Waals surface area contributed by atoms with Gasteiger partial charge in [0, 0.05) is 18.5 Å². The van der Waals surface area contributed by atoms with E-state index < -0.39 is 29.6 Å². The topological polar surface area (TPSA) is 121 Å². The maximum absolute atomic E-state index is 13.1. The van der Waals surface area contributed by atoms with Gasteiger partial charge in [0.05, 0.1) is 11.1 Å². The van der Waals surface area contributed by atoms with Gasteiger partial charge < -0.3 is 15.7 Å². The van der Waals surface area contributed by atoms with E-state index in [1.54, 1.807) is 0 Å². The number of halogens is 2. The van der Waals surface area contributed by atoms with Crippen molar-refractivity contribution in [1.29, 1.82) is 0 Å². The van der Waals surface area contributed by atoms with E-state index in [0.29, 0.717) is 5.56 Å². The fourth-order valence-electron chi connectivity index (χ4n) is 2.00. The molecule has 0 saturated heterocycles. The summed E-state index contributed by atoms with van der Waals surface area (Å²) >= 11 is 5.69. The van der Waals surface area contributed by atoms with Gasteiger partial charge in [0.1, 0.15) is 23.5 Å². The van der Waals surface area contributed by atoms with Crippen LogP contribution in [0.4, 0.5) is 4.39 Å².